The predicted octanol–water partition coefficient (Wildman–Crippen LogP) is 2.53. The van der Waals surface area contributed by atoms with E-state index in [0.717, 1.165) is 12.8 Å². The van der Waals surface area contributed by atoms with E-state index in [0.29, 0.717) is 33.8 Å². The number of anilines is 1. The van der Waals surface area contributed by atoms with Crippen LogP contribution < -0.4 is 10.1 Å². The highest BCUT2D eigenvalue weighted by molar-refractivity contribution is 6.32. The monoisotopic (exact) mass is 445 g/mol. The number of fused-ring (bicyclic) bond motifs is 1. The molecule has 0 unspecified atom stereocenters. The molecule has 2 fully saturated rings. The third-order valence-electron chi connectivity index (χ3n) is 5.91. The van der Waals surface area contributed by atoms with Gasteiger partial charge in [0.2, 0.25) is 0 Å². The summed E-state index contributed by atoms with van der Waals surface area (Å²) in [6.45, 7) is 0.0363. The molecule has 0 radical (unpaired) electrons. The summed E-state index contributed by atoms with van der Waals surface area (Å²) in [4.78, 5) is 13.1. The topological polar surface area (TPSA) is 115 Å². The summed E-state index contributed by atoms with van der Waals surface area (Å²) in [6.07, 6.45) is 3.74. The van der Waals surface area contributed by atoms with Gasteiger partial charge >= 0.3 is 0 Å². The number of imidazole rings is 1. The quantitative estimate of drug-likeness (QED) is 0.530. The number of aliphatic hydroxyl groups is 2. The smallest absolute Gasteiger partial charge is 0.167 e. The molecule has 3 aromatic rings. The molecule has 1 saturated heterocycles. The van der Waals surface area contributed by atoms with Gasteiger partial charge in [-0.2, -0.15) is 0 Å². The van der Waals surface area contributed by atoms with E-state index in [1.54, 1.807) is 35.2 Å². The highest BCUT2D eigenvalue weighted by Crippen LogP contribution is 2.34. The third kappa shape index (κ3) is 3.94. The lowest BCUT2D eigenvalue weighted by molar-refractivity contribution is -0.0474. The van der Waals surface area contributed by atoms with Crippen LogP contribution in [0, 0.1) is 0 Å². The predicted molar refractivity (Wildman–Crippen MR) is 114 cm³/mol. The number of halogens is 1. The van der Waals surface area contributed by atoms with Crippen molar-refractivity contribution >= 4 is 28.6 Å². The van der Waals surface area contributed by atoms with Crippen LogP contribution in [0.25, 0.3) is 11.2 Å². The van der Waals surface area contributed by atoms with Gasteiger partial charge < -0.3 is 25.0 Å². The minimum atomic E-state index is -1.17. The molecular formula is C21H24ClN5O4. The summed E-state index contributed by atoms with van der Waals surface area (Å²) in [6, 6.07) is 7.44. The van der Waals surface area contributed by atoms with Gasteiger partial charge in [-0.25, -0.2) is 15.0 Å². The summed E-state index contributed by atoms with van der Waals surface area (Å²) in [5.74, 6) is 1.16. The van der Waals surface area contributed by atoms with Crippen molar-refractivity contribution < 1.29 is 19.7 Å². The fourth-order valence-electron chi connectivity index (χ4n) is 4.24. The summed E-state index contributed by atoms with van der Waals surface area (Å²) in [5, 5.41) is 25.1. The van der Waals surface area contributed by atoms with E-state index in [1.165, 1.54) is 19.2 Å². The number of aromatic nitrogens is 4. The number of hydrogen-bond acceptors (Lipinski definition) is 8. The lowest BCUT2D eigenvalue weighted by Gasteiger charge is -2.17. The molecule has 2 aromatic heterocycles. The normalized spacial score (nSPS) is 26.5. The van der Waals surface area contributed by atoms with E-state index in [9.17, 15) is 10.2 Å². The van der Waals surface area contributed by atoms with Crippen molar-refractivity contribution in [1.29, 1.82) is 0 Å². The second kappa shape index (κ2) is 8.58. The molecule has 164 valence electrons. The van der Waals surface area contributed by atoms with E-state index in [1.807, 2.05) is 0 Å². The van der Waals surface area contributed by atoms with Crippen LogP contribution in [-0.2, 0) is 4.74 Å². The van der Waals surface area contributed by atoms with E-state index >= 15 is 0 Å². The van der Waals surface area contributed by atoms with Crippen LogP contribution in [-0.4, -0.2) is 60.7 Å². The molecule has 5 rings (SSSR count). The van der Waals surface area contributed by atoms with E-state index < -0.39 is 24.5 Å². The first-order valence-corrected chi connectivity index (χ1v) is 10.8. The highest BCUT2D eigenvalue weighted by Gasteiger charge is 2.44. The number of rotatable bonds is 6. The van der Waals surface area contributed by atoms with Gasteiger partial charge in [-0.3, -0.25) is 4.57 Å². The van der Waals surface area contributed by atoms with Gasteiger partial charge in [-0.1, -0.05) is 36.6 Å². The van der Waals surface area contributed by atoms with Crippen LogP contribution in [0.1, 0.15) is 31.9 Å². The molecule has 1 saturated carbocycles. The summed E-state index contributed by atoms with van der Waals surface area (Å²) >= 11 is 6.12. The molecule has 4 atom stereocenters. The van der Waals surface area contributed by atoms with Gasteiger partial charge in [-0.05, 0) is 25.0 Å². The van der Waals surface area contributed by atoms with Gasteiger partial charge in [0.15, 0.2) is 23.2 Å². The molecule has 1 aromatic carbocycles. The van der Waals surface area contributed by atoms with Crippen molar-refractivity contribution in [2.24, 2.45) is 0 Å². The average Bonchev–Trinajstić information content (AvgIpc) is 3.50. The van der Waals surface area contributed by atoms with E-state index in [4.69, 9.17) is 21.1 Å². The first-order chi connectivity index (χ1) is 15.1. The van der Waals surface area contributed by atoms with Crippen molar-refractivity contribution in [3.63, 3.8) is 0 Å². The standard InChI is InChI=1S/C21H24ClN5O4/c22-13-7-3-4-8-14(13)30-9-15-17(28)18(29)21(31-15)27-11-25-16-19(23-10-24-20(16)27)26-12-5-1-2-6-12/h3-4,7-8,10-12,15,17-18,21,28-29H,1-2,5-6,9H2,(H,23,24,26)/t15-,17-,18-,21-/m1/s1. The minimum absolute atomic E-state index is 0.0363. The van der Waals surface area contributed by atoms with Crippen LogP contribution in [0.2, 0.25) is 5.02 Å². The molecular weight excluding hydrogens is 422 g/mol. The van der Waals surface area contributed by atoms with Gasteiger partial charge in [0, 0.05) is 6.04 Å². The van der Waals surface area contributed by atoms with E-state index in [2.05, 4.69) is 20.3 Å². The molecule has 10 heteroatoms. The van der Waals surface area contributed by atoms with Crippen molar-refractivity contribution in [1.82, 2.24) is 19.5 Å². The second-order valence-electron chi connectivity index (χ2n) is 7.96. The maximum Gasteiger partial charge on any atom is 0.167 e. The Morgan fingerprint density at radius 3 is 2.74 bits per heavy atom. The number of ether oxygens (including phenoxy) is 2. The highest BCUT2D eigenvalue weighted by atomic mass is 35.5. The maximum absolute atomic E-state index is 10.6. The summed E-state index contributed by atoms with van der Waals surface area (Å²) < 4.78 is 13.3. The average molecular weight is 446 g/mol. The lowest BCUT2D eigenvalue weighted by atomic mass is 10.1. The van der Waals surface area contributed by atoms with Gasteiger partial charge in [-0.15, -0.1) is 0 Å². The Hall–Kier alpha value is -2.46. The van der Waals surface area contributed by atoms with E-state index in [-0.39, 0.29) is 6.61 Å². The number of para-hydroxylation sites is 1. The summed E-state index contributed by atoms with van der Waals surface area (Å²) in [7, 11) is 0. The zero-order valence-electron chi connectivity index (χ0n) is 16.8. The zero-order chi connectivity index (χ0) is 21.4. The molecule has 0 amide bonds. The van der Waals surface area contributed by atoms with Gasteiger partial charge in [0.1, 0.15) is 37.0 Å². The Morgan fingerprint density at radius 2 is 1.94 bits per heavy atom. The fraction of sp³-hybridized carbons (Fsp3) is 0.476. The SMILES string of the molecule is O[C@@H]1[C@H](O)[C@@H](COc2ccccc2Cl)O[C@H]1n1cnc2c(NC3CCCC3)ncnc21. The van der Waals surface area contributed by atoms with Crippen LogP contribution in [0.4, 0.5) is 5.82 Å². The molecule has 3 N–H and O–H groups in total. The Morgan fingerprint density at radius 1 is 1.13 bits per heavy atom. The minimum Gasteiger partial charge on any atom is -0.489 e. The van der Waals surface area contributed by atoms with Crippen LogP contribution in [0.15, 0.2) is 36.9 Å². The number of aliphatic hydroxyl groups excluding tert-OH is 2. The Bertz CT molecular complexity index is 1060. The first kappa shape index (κ1) is 20.4. The van der Waals surface area contributed by atoms with Crippen molar-refractivity contribution in [2.75, 3.05) is 11.9 Å². The zero-order valence-corrected chi connectivity index (χ0v) is 17.5. The number of hydrogen-bond donors (Lipinski definition) is 3. The number of nitrogens with zero attached hydrogens (tertiary/aromatic N) is 4. The maximum atomic E-state index is 10.6. The van der Waals surface area contributed by atoms with Crippen LogP contribution in [0.3, 0.4) is 0 Å². The van der Waals surface area contributed by atoms with Crippen LogP contribution >= 0.6 is 11.6 Å². The van der Waals surface area contributed by atoms with Gasteiger partial charge in [0.25, 0.3) is 0 Å². The Balaban J connectivity index is 1.34. The lowest BCUT2D eigenvalue weighted by Crippen LogP contribution is -2.34. The summed E-state index contributed by atoms with van der Waals surface area (Å²) in [5.41, 5.74) is 1.13. The Labute approximate surface area is 184 Å². The fourth-order valence-corrected chi connectivity index (χ4v) is 4.43. The first-order valence-electron chi connectivity index (χ1n) is 10.4. The largest absolute Gasteiger partial charge is 0.489 e. The van der Waals surface area contributed by atoms with Crippen molar-refractivity contribution in [3.05, 3.63) is 41.9 Å². The molecule has 9 nitrogen and oxygen atoms in total. The number of nitrogens with one attached hydrogen (secondary N) is 1. The molecule has 1 aliphatic heterocycles. The molecule has 1 aliphatic carbocycles. The third-order valence-corrected chi connectivity index (χ3v) is 6.22. The van der Waals surface area contributed by atoms with Gasteiger partial charge in [0.05, 0.1) is 11.3 Å². The Kier molecular flexibility index (Phi) is 5.66. The van der Waals surface area contributed by atoms with Crippen LogP contribution in [0.5, 0.6) is 5.75 Å². The molecule has 3 heterocycles. The number of benzene rings is 1. The molecule has 2 aliphatic rings. The molecule has 0 spiro atoms. The molecule has 0 bridgehead atoms. The van der Waals surface area contributed by atoms with Crippen molar-refractivity contribution in [3.8, 4) is 5.75 Å². The second-order valence-corrected chi connectivity index (χ2v) is 8.37. The van der Waals surface area contributed by atoms with Crippen molar-refractivity contribution in [2.45, 2.75) is 56.3 Å². The molecule has 31 heavy (non-hydrogen) atoms.